The molecule has 0 saturated heterocycles. The first-order chi connectivity index (χ1) is 11.7. The quantitative estimate of drug-likeness (QED) is 0.693. The highest BCUT2D eigenvalue weighted by molar-refractivity contribution is 5.77. The van der Waals surface area contributed by atoms with Gasteiger partial charge in [0.25, 0.3) is 0 Å². The molecule has 1 fully saturated rings. The zero-order valence-electron chi connectivity index (χ0n) is 13.6. The molecular weight excluding hydrogens is 304 g/mol. The van der Waals surface area contributed by atoms with Gasteiger partial charge in [-0.25, -0.2) is 4.98 Å². The van der Waals surface area contributed by atoms with Crippen LogP contribution in [-0.2, 0) is 9.53 Å². The summed E-state index contributed by atoms with van der Waals surface area (Å²) in [5, 5.41) is 4.51. The Bertz CT molecular complexity index is 912. The van der Waals surface area contributed by atoms with Crippen molar-refractivity contribution in [1.82, 2.24) is 19.7 Å². The average Bonchev–Trinajstić information content (AvgIpc) is 2.94. The van der Waals surface area contributed by atoms with Crippen LogP contribution in [0.3, 0.4) is 0 Å². The lowest BCUT2D eigenvalue weighted by molar-refractivity contribution is -0.149. The summed E-state index contributed by atoms with van der Waals surface area (Å²) in [6, 6.07) is 8.06. The molecule has 122 valence electrons. The van der Waals surface area contributed by atoms with E-state index in [-0.39, 0.29) is 17.9 Å². The van der Waals surface area contributed by atoms with Gasteiger partial charge in [-0.05, 0) is 31.9 Å². The number of carbonyl (C=O) groups excluding carboxylic acids is 1. The van der Waals surface area contributed by atoms with Crippen LogP contribution in [0, 0.1) is 12.8 Å². The number of aromatic nitrogens is 4. The fourth-order valence-corrected chi connectivity index (χ4v) is 3.28. The van der Waals surface area contributed by atoms with Gasteiger partial charge in [-0.1, -0.05) is 12.1 Å². The van der Waals surface area contributed by atoms with Gasteiger partial charge < -0.3 is 4.74 Å². The lowest BCUT2D eigenvalue weighted by atomic mass is 9.80. The monoisotopic (exact) mass is 322 g/mol. The Morgan fingerprint density at radius 1 is 1.21 bits per heavy atom. The Morgan fingerprint density at radius 2 is 1.96 bits per heavy atom. The van der Waals surface area contributed by atoms with Crippen LogP contribution in [0.2, 0.25) is 0 Å². The van der Waals surface area contributed by atoms with Crippen molar-refractivity contribution in [3.05, 3.63) is 42.4 Å². The molecule has 24 heavy (non-hydrogen) atoms. The van der Waals surface area contributed by atoms with Crippen molar-refractivity contribution in [2.75, 3.05) is 7.11 Å². The number of methoxy groups -OCH3 is 1. The van der Waals surface area contributed by atoms with E-state index in [2.05, 4.69) is 15.1 Å². The third kappa shape index (κ3) is 2.35. The lowest BCUT2D eigenvalue weighted by Gasteiger charge is -2.34. The number of fused-ring (bicyclic) bond motifs is 1. The van der Waals surface area contributed by atoms with E-state index in [0.29, 0.717) is 0 Å². The minimum Gasteiger partial charge on any atom is -0.469 e. The van der Waals surface area contributed by atoms with Gasteiger partial charge in [-0.3, -0.25) is 14.5 Å². The van der Waals surface area contributed by atoms with E-state index in [9.17, 15) is 4.79 Å². The molecule has 1 aliphatic carbocycles. The zero-order valence-corrected chi connectivity index (χ0v) is 13.6. The summed E-state index contributed by atoms with van der Waals surface area (Å²) in [5.41, 5.74) is 4.60. The molecule has 0 unspecified atom stereocenters. The van der Waals surface area contributed by atoms with Crippen molar-refractivity contribution in [3.8, 4) is 11.3 Å². The fourth-order valence-electron chi connectivity index (χ4n) is 3.28. The predicted molar refractivity (Wildman–Crippen MR) is 89.3 cm³/mol. The Hall–Kier alpha value is -2.76. The van der Waals surface area contributed by atoms with Crippen molar-refractivity contribution in [3.63, 3.8) is 0 Å². The minimum atomic E-state index is -0.128. The van der Waals surface area contributed by atoms with Crippen molar-refractivity contribution in [2.45, 2.75) is 25.8 Å². The molecule has 1 aromatic carbocycles. The summed E-state index contributed by atoms with van der Waals surface area (Å²) in [7, 11) is 1.44. The van der Waals surface area contributed by atoms with Gasteiger partial charge >= 0.3 is 5.97 Å². The highest BCUT2D eigenvalue weighted by Crippen LogP contribution is 2.39. The van der Waals surface area contributed by atoms with Crippen molar-refractivity contribution in [1.29, 1.82) is 0 Å². The van der Waals surface area contributed by atoms with Crippen LogP contribution < -0.4 is 0 Å². The second kappa shape index (κ2) is 5.70. The summed E-state index contributed by atoms with van der Waals surface area (Å²) in [4.78, 5) is 20.7. The van der Waals surface area contributed by atoms with Crippen molar-refractivity contribution >= 4 is 17.0 Å². The molecule has 2 aromatic heterocycles. The van der Waals surface area contributed by atoms with Crippen molar-refractivity contribution < 1.29 is 9.53 Å². The third-order valence-electron chi connectivity index (χ3n) is 4.76. The normalized spacial score (nSPS) is 19.9. The minimum absolute atomic E-state index is 0.00693. The molecule has 6 nitrogen and oxygen atoms in total. The Labute approximate surface area is 139 Å². The first kappa shape index (κ1) is 14.8. The van der Waals surface area contributed by atoms with Gasteiger partial charge in [0.15, 0.2) is 0 Å². The van der Waals surface area contributed by atoms with Gasteiger partial charge in [-0.15, -0.1) is 0 Å². The van der Waals surface area contributed by atoms with Crippen LogP contribution in [0.15, 0.2) is 36.7 Å². The van der Waals surface area contributed by atoms with E-state index < -0.39 is 0 Å². The number of benzene rings is 1. The summed E-state index contributed by atoms with van der Waals surface area (Å²) >= 11 is 0. The molecular formula is C18H18N4O2. The van der Waals surface area contributed by atoms with E-state index >= 15 is 0 Å². The number of rotatable bonds is 3. The maximum atomic E-state index is 11.5. The molecule has 1 saturated carbocycles. The lowest BCUT2D eigenvalue weighted by Crippen LogP contribution is -2.34. The molecule has 0 radical (unpaired) electrons. The number of para-hydroxylation sites is 2. The standard InChI is InChI=1S/C18H18N4O2/c1-11-14(17-10-19-15-5-3-4-6-16(15)21-17)9-20-22(11)13-7-12(8-13)18(23)24-2/h3-6,9-10,12-13H,7-8H2,1-2H3. The highest BCUT2D eigenvalue weighted by Gasteiger charge is 2.37. The summed E-state index contributed by atoms with van der Waals surface area (Å²) in [6.07, 6.45) is 5.17. The highest BCUT2D eigenvalue weighted by atomic mass is 16.5. The Kier molecular flexibility index (Phi) is 3.52. The molecule has 0 aliphatic heterocycles. The second-order valence-electron chi connectivity index (χ2n) is 6.18. The summed E-state index contributed by atoms with van der Waals surface area (Å²) in [6.45, 7) is 2.03. The van der Waals surface area contributed by atoms with E-state index in [4.69, 9.17) is 4.74 Å². The fraction of sp³-hybridized carbons (Fsp3) is 0.333. The maximum absolute atomic E-state index is 11.5. The second-order valence-corrected chi connectivity index (χ2v) is 6.18. The molecule has 0 spiro atoms. The third-order valence-corrected chi connectivity index (χ3v) is 4.76. The molecule has 4 rings (SSSR count). The smallest absolute Gasteiger partial charge is 0.308 e. The number of nitrogens with zero attached hydrogens (tertiary/aromatic N) is 4. The molecule has 6 heteroatoms. The van der Waals surface area contributed by atoms with Crippen LogP contribution in [0.1, 0.15) is 24.6 Å². The van der Waals surface area contributed by atoms with Crippen LogP contribution in [-0.4, -0.2) is 32.8 Å². The Balaban J connectivity index is 1.61. The predicted octanol–water partition coefficient (Wildman–Crippen LogP) is 2.93. The molecule has 3 aromatic rings. The number of hydrogen-bond acceptors (Lipinski definition) is 5. The largest absolute Gasteiger partial charge is 0.469 e. The van der Waals surface area contributed by atoms with Crippen LogP contribution in [0.25, 0.3) is 22.3 Å². The molecule has 0 amide bonds. The molecule has 0 N–H and O–H groups in total. The number of hydrogen-bond donors (Lipinski definition) is 0. The van der Waals surface area contributed by atoms with Crippen molar-refractivity contribution in [2.24, 2.45) is 5.92 Å². The summed E-state index contributed by atoms with van der Waals surface area (Å²) in [5.74, 6) is -0.135. The molecule has 2 heterocycles. The van der Waals surface area contributed by atoms with E-state index in [1.165, 1.54) is 7.11 Å². The van der Waals surface area contributed by atoms with Crippen LogP contribution in [0.4, 0.5) is 0 Å². The van der Waals surface area contributed by atoms with E-state index in [1.807, 2.05) is 42.1 Å². The number of carbonyl (C=O) groups is 1. The Morgan fingerprint density at radius 3 is 2.71 bits per heavy atom. The zero-order chi connectivity index (χ0) is 16.7. The van der Waals surface area contributed by atoms with Gasteiger partial charge in [-0.2, -0.15) is 5.10 Å². The summed E-state index contributed by atoms with van der Waals surface area (Å²) < 4.78 is 6.79. The van der Waals surface area contributed by atoms with E-state index in [1.54, 1.807) is 6.20 Å². The first-order valence-corrected chi connectivity index (χ1v) is 8.01. The van der Waals surface area contributed by atoms with Crippen LogP contribution >= 0.6 is 0 Å². The van der Waals surface area contributed by atoms with E-state index in [0.717, 1.165) is 40.8 Å². The molecule has 0 bridgehead atoms. The first-order valence-electron chi connectivity index (χ1n) is 8.01. The van der Waals surface area contributed by atoms with Crippen LogP contribution in [0.5, 0.6) is 0 Å². The topological polar surface area (TPSA) is 69.9 Å². The number of esters is 1. The van der Waals surface area contributed by atoms with Gasteiger partial charge in [0.1, 0.15) is 0 Å². The van der Waals surface area contributed by atoms with Gasteiger partial charge in [0, 0.05) is 11.3 Å². The average molecular weight is 322 g/mol. The van der Waals surface area contributed by atoms with Gasteiger partial charge in [0.2, 0.25) is 0 Å². The molecule has 0 atom stereocenters. The SMILES string of the molecule is COC(=O)C1CC(n2ncc(-c3cnc4ccccc4n3)c2C)C1. The van der Waals surface area contributed by atoms with Gasteiger partial charge in [0.05, 0.1) is 48.2 Å². The number of ether oxygens (including phenoxy) is 1. The molecule has 1 aliphatic rings. The maximum Gasteiger partial charge on any atom is 0.308 e.